The smallest absolute Gasteiger partial charge is 0.124 e. The van der Waals surface area contributed by atoms with Gasteiger partial charge in [-0.25, -0.2) is 4.39 Å². The Balaban J connectivity index is 2.42. The van der Waals surface area contributed by atoms with Crippen LogP contribution >= 0.6 is 31.9 Å². The third-order valence-electron chi connectivity index (χ3n) is 1.82. The van der Waals surface area contributed by atoms with E-state index in [1.165, 1.54) is 12.1 Å². The highest BCUT2D eigenvalue weighted by atomic mass is 79.9. The Hall–Kier alpha value is 0.0700. The van der Waals surface area contributed by atoms with Gasteiger partial charge in [-0.15, -0.1) is 0 Å². The van der Waals surface area contributed by atoms with Crippen molar-refractivity contribution in [1.29, 1.82) is 0 Å². The third kappa shape index (κ3) is 4.07. The second-order valence-corrected chi connectivity index (χ2v) is 4.60. The molecule has 0 heterocycles. The summed E-state index contributed by atoms with van der Waals surface area (Å²) in [5.41, 5.74) is 1.08. The number of hydrogen-bond donors (Lipinski definition) is 1. The van der Waals surface area contributed by atoms with Crippen LogP contribution in [0.4, 0.5) is 4.39 Å². The molecular weight excluding hydrogens is 313 g/mol. The minimum atomic E-state index is -0.207. The van der Waals surface area contributed by atoms with Gasteiger partial charge in [-0.1, -0.05) is 37.9 Å². The average Bonchev–Trinajstić information content (AvgIpc) is 2.15. The number of alkyl halides is 1. The zero-order valence-corrected chi connectivity index (χ0v) is 10.9. The van der Waals surface area contributed by atoms with Crippen LogP contribution in [0, 0.1) is 5.82 Å². The standard InChI is InChI=1S/C10H12Br2FN/c11-4-1-5-14-7-8-2-3-9(13)6-10(8)12/h2-3,6,14H,1,4-5,7H2. The van der Waals surface area contributed by atoms with Crippen LogP contribution in [-0.4, -0.2) is 11.9 Å². The molecule has 0 fully saturated rings. The lowest BCUT2D eigenvalue weighted by Crippen LogP contribution is -2.15. The van der Waals surface area contributed by atoms with Gasteiger partial charge < -0.3 is 5.32 Å². The molecule has 0 aliphatic rings. The number of halogens is 3. The molecule has 0 spiro atoms. The predicted molar refractivity (Wildman–Crippen MR) is 64.2 cm³/mol. The van der Waals surface area contributed by atoms with Gasteiger partial charge in [0.25, 0.3) is 0 Å². The van der Waals surface area contributed by atoms with Gasteiger partial charge in [0.1, 0.15) is 5.82 Å². The molecule has 1 rings (SSSR count). The van der Waals surface area contributed by atoms with Crippen LogP contribution in [0.25, 0.3) is 0 Å². The van der Waals surface area contributed by atoms with Crippen molar-refractivity contribution in [2.24, 2.45) is 0 Å². The van der Waals surface area contributed by atoms with Crippen LogP contribution in [0.3, 0.4) is 0 Å². The molecule has 0 radical (unpaired) electrons. The van der Waals surface area contributed by atoms with Gasteiger partial charge in [0.15, 0.2) is 0 Å². The summed E-state index contributed by atoms with van der Waals surface area (Å²) in [5, 5.41) is 4.28. The Morgan fingerprint density at radius 1 is 1.36 bits per heavy atom. The van der Waals surface area contributed by atoms with Gasteiger partial charge in [-0.2, -0.15) is 0 Å². The number of hydrogen-bond acceptors (Lipinski definition) is 1. The molecule has 0 atom stereocenters. The van der Waals surface area contributed by atoms with E-state index >= 15 is 0 Å². The highest BCUT2D eigenvalue weighted by Gasteiger charge is 2.00. The lowest BCUT2D eigenvalue weighted by molar-refractivity contribution is 0.623. The Morgan fingerprint density at radius 3 is 2.79 bits per heavy atom. The predicted octanol–water partition coefficient (Wildman–Crippen LogP) is 3.46. The van der Waals surface area contributed by atoms with E-state index in [4.69, 9.17) is 0 Å². The van der Waals surface area contributed by atoms with E-state index in [2.05, 4.69) is 37.2 Å². The minimum Gasteiger partial charge on any atom is -0.313 e. The first-order valence-corrected chi connectivity index (χ1v) is 6.36. The van der Waals surface area contributed by atoms with E-state index in [0.717, 1.165) is 34.9 Å². The summed E-state index contributed by atoms with van der Waals surface area (Å²) >= 11 is 6.69. The fourth-order valence-corrected chi connectivity index (χ4v) is 1.85. The van der Waals surface area contributed by atoms with Crippen molar-refractivity contribution in [2.45, 2.75) is 13.0 Å². The quantitative estimate of drug-likeness (QED) is 0.646. The van der Waals surface area contributed by atoms with Crippen LogP contribution in [-0.2, 0) is 6.54 Å². The Morgan fingerprint density at radius 2 is 2.14 bits per heavy atom. The largest absolute Gasteiger partial charge is 0.313 e. The fraction of sp³-hybridized carbons (Fsp3) is 0.400. The monoisotopic (exact) mass is 323 g/mol. The van der Waals surface area contributed by atoms with Gasteiger partial charge in [-0.3, -0.25) is 0 Å². The normalized spacial score (nSPS) is 10.5. The van der Waals surface area contributed by atoms with Crippen LogP contribution < -0.4 is 5.32 Å². The highest BCUT2D eigenvalue weighted by Crippen LogP contribution is 2.17. The second-order valence-electron chi connectivity index (χ2n) is 2.96. The second kappa shape index (κ2) is 6.53. The molecule has 0 bridgehead atoms. The van der Waals surface area contributed by atoms with Gasteiger partial charge in [0.2, 0.25) is 0 Å². The SMILES string of the molecule is Fc1ccc(CNCCCBr)c(Br)c1. The van der Waals surface area contributed by atoms with Crippen LogP contribution in [0.1, 0.15) is 12.0 Å². The highest BCUT2D eigenvalue weighted by molar-refractivity contribution is 9.10. The molecule has 4 heteroatoms. The van der Waals surface area contributed by atoms with Gasteiger partial charge in [0, 0.05) is 16.3 Å². The molecular formula is C10H12Br2FN. The number of nitrogens with one attached hydrogen (secondary N) is 1. The molecule has 0 saturated heterocycles. The van der Waals surface area contributed by atoms with Crippen molar-refractivity contribution in [3.63, 3.8) is 0 Å². The molecule has 1 aromatic rings. The summed E-state index contributed by atoms with van der Waals surface area (Å²) in [5.74, 6) is -0.207. The van der Waals surface area contributed by atoms with Gasteiger partial charge in [0.05, 0.1) is 0 Å². The van der Waals surface area contributed by atoms with E-state index in [9.17, 15) is 4.39 Å². The summed E-state index contributed by atoms with van der Waals surface area (Å²) in [7, 11) is 0. The molecule has 1 N–H and O–H groups in total. The van der Waals surface area contributed by atoms with Crippen molar-refractivity contribution in [1.82, 2.24) is 5.32 Å². The zero-order chi connectivity index (χ0) is 10.4. The minimum absolute atomic E-state index is 0.207. The maximum Gasteiger partial charge on any atom is 0.124 e. The molecule has 0 saturated carbocycles. The lowest BCUT2D eigenvalue weighted by atomic mass is 10.2. The van der Waals surface area contributed by atoms with Gasteiger partial charge >= 0.3 is 0 Å². The summed E-state index contributed by atoms with van der Waals surface area (Å²) in [4.78, 5) is 0. The molecule has 14 heavy (non-hydrogen) atoms. The summed E-state index contributed by atoms with van der Waals surface area (Å²) in [6.07, 6.45) is 1.10. The summed E-state index contributed by atoms with van der Waals surface area (Å²) in [6, 6.07) is 4.76. The molecule has 0 aliphatic heterocycles. The Labute approximate surface area is 100 Å². The van der Waals surface area contributed by atoms with E-state index in [0.29, 0.717) is 0 Å². The van der Waals surface area contributed by atoms with E-state index in [-0.39, 0.29) is 5.82 Å². The Bertz CT molecular complexity index is 291. The van der Waals surface area contributed by atoms with E-state index < -0.39 is 0 Å². The summed E-state index contributed by atoms with van der Waals surface area (Å²) in [6.45, 7) is 1.74. The molecule has 1 nitrogen and oxygen atoms in total. The van der Waals surface area contributed by atoms with Crippen LogP contribution in [0.15, 0.2) is 22.7 Å². The molecule has 0 aromatic heterocycles. The fourth-order valence-electron chi connectivity index (χ4n) is 1.08. The first-order chi connectivity index (χ1) is 6.74. The third-order valence-corrected chi connectivity index (χ3v) is 3.12. The van der Waals surface area contributed by atoms with Crippen molar-refractivity contribution in [3.05, 3.63) is 34.1 Å². The van der Waals surface area contributed by atoms with Crippen molar-refractivity contribution >= 4 is 31.9 Å². The van der Waals surface area contributed by atoms with Crippen molar-refractivity contribution in [3.8, 4) is 0 Å². The topological polar surface area (TPSA) is 12.0 Å². The maximum atomic E-state index is 12.7. The molecule has 0 amide bonds. The molecule has 0 aliphatic carbocycles. The number of rotatable bonds is 5. The number of benzene rings is 1. The summed E-state index contributed by atoms with van der Waals surface area (Å²) < 4.78 is 13.6. The van der Waals surface area contributed by atoms with E-state index in [1.807, 2.05) is 0 Å². The average molecular weight is 325 g/mol. The molecule has 0 unspecified atom stereocenters. The van der Waals surface area contributed by atoms with E-state index in [1.54, 1.807) is 6.07 Å². The molecule has 78 valence electrons. The van der Waals surface area contributed by atoms with Crippen LogP contribution in [0.5, 0.6) is 0 Å². The Kier molecular flexibility index (Phi) is 5.67. The van der Waals surface area contributed by atoms with Crippen LogP contribution in [0.2, 0.25) is 0 Å². The van der Waals surface area contributed by atoms with Gasteiger partial charge in [-0.05, 0) is 30.7 Å². The lowest BCUT2D eigenvalue weighted by Gasteiger charge is -2.05. The van der Waals surface area contributed by atoms with Crippen molar-refractivity contribution in [2.75, 3.05) is 11.9 Å². The molecule has 1 aromatic carbocycles. The first kappa shape index (κ1) is 12.1. The maximum absolute atomic E-state index is 12.7. The van der Waals surface area contributed by atoms with Crippen molar-refractivity contribution < 1.29 is 4.39 Å². The zero-order valence-electron chi connectivity index (χ0n) is 7.69. The first-order valence-electron chi connectivity index (χ1n) is 4.44.